The van der Waals surface area contributed by atoms with Crippen molar-refractivity contribution in [3.63, 3.8) is 0 Å². The predicted molar refractivity (Wildman–Crippen MR) is 76.0 cm³/mol. The maximum atomic E-state index is 13.9. The van der Waals surface area contributed by atoms with Gasteiger partial charge in [0, 0.05) is 5.54 Å². The van der Waals surface area contributed by atoms with Crippen molar-refractivity contribution in [3.05, 3.63) is 28.5 Å². The number of nitrogens with one attached hydrogen (secondary N) is 1. The smallest absolute Gasteiger partial charge is 0.300 e. The van der Waals surface area contributed by atoms with Crippen LogP contribution in [-0.4, -0.2) is 29.7 Å². The van der Waals surface area contributed by atoms with Gasteiger partial charge in [0.25, 0.3) is 11.7 Å². The lowest BCUT2D eigenvalue weighted by atomic mass is 10.1. The molecular formula is C14H14ClFN2O3. The van der Waals surface area contributed by atoms with Crippen molar-refractivity contribution in [1.29, 1.82) is 0 Å². The SMILES string of the molecule is CC(C)(C)NC(=O)CN1C(=O)C(=O)c2c(Cl)ccc(F)c21. The summed E-state index contributed by atoms with van der Waals surface area (Å²) in [6.45, 7) is 4.87. The van der Waals surface area contributed by atoms with E-state index in [1.54, 1.807) is 20.8 Å². The van der Waals surface area contributed by atoms with Gasteiger partial charge in [0.15, 0.2) is 0 Å². The van der Waals surface area contributed by atoms with Crippen LogP contribution in [0.1, 0.15) is 31.1 Å². The van der Waals surface area contributed by atoms with E-state index in [9.17, 15) is 18.8 Å². The molecule has 1 aliphatic heterocycles. The third kappa shape index (κ3) is 2.90. The van der Waals surface area contributed by atoms with E-state index in [-0.39, 0.29) is 16.3 Å². The lowest BCUT2D eigenvalue weighted by Gasteiger charge is -2.23. The van der Waals surface area contributed by atoms with Crippen molar-refractivity contribution in [1.82, 2.24) is 5.32 Å². The van der Waals surface area contributed by atoms with E-state index in [1.807, 2.05) is 0 Å². The summed E-state index contributed by atoms with van der Waals surface area (Å²) in [6.07, 6.45) is 0. The summed E-state index contributed by atoms with van der Waals surface area (Å²) >= 11 is 5.84. The fourth-order valence-electron chi connectivity index (χ4n) is 2.10. The summed E-state index contributed by atoms with van der Waals surface area (Å²) in [5, 5.41) is 2.64. The quantitative estimate of drug-likeness (QED) is 0.848. The summed E-state index contributed by atoms with van der Waals surface area (Å²) in [5.74, 6) is -3.12. The maximum Gasteiger partial charge on any atom is 0.300 e. The first kappa shape index (κ1) is 15.4. The molecule has 0 aliphatic carbocycles. The number of hydrogen-bond acceptors (Lipinski definition) is 3. The molecule has 0 bridgehead atoms. The van der Waals surface area contributed by atoms with Crippen LogP contribution < -0.4 is 10.2 Å². The van der Waals surface area contributed by atoms with Crippen molar-refractivity contribution in [2.24, 2.45) is 0 Å². The normalized spacial score (nSPS) is 14.4. The second kappa shape index (κ2) is 5.11. The molecule has 0 spiro atoms. The minimum absolute atomic E-state index is 0.0107. The third-order valence-corrected chi connectivity index (χ3v) is 3.15. The number of ketones is 1. The van der Waals surface area contributed by atoms with Gasteiger partial charge in [0.1, 0.15) is 12.4 Å². The highest BCUT2D eigenvalue weighted by atomic mass is 35.5. The van der Waals surface area contributed by atoms with Gasteiger partial charge in [-0.3, -0.25) is 19.3 Å². The molecule has 1 aromatic carbocycles. The van der Waals surface area contributed by atoms with Crippen LogP contribution in [0.4, 0.5) is 10.1 Å². The average Bonchev–Trinajstić information content (AvgIpc) is 2.58. The van der Waals surface area contributed by atoms with E-state index in [4.69, 9.17) is 11.6 Å². The molecule has 1 N–H and O–H groups in total. The number of benzene rings is 1. The van der Waals surface area contributed by atoms with Gasteiger partial charge < -0.3 is 5.32 Å². The summed E-state index contributed by atoms with van der Waals surface area (Å²) in [4.78, 5) is 36.5. The molecule has 0 atom stereocenters. The second-order valence-electron chi connectivity index (χ2n) is 5.77. The third-order valence-electron chi connectivity index (χ3n) is 2.83. The van der Waals surface area contributed by atoms with Crippen LogP contribution in [-0.2, 0) is 9.59 Å². The Bertz CT molecular complexity index is 652. The van der Waals surface area contributed by atoms with Gasteiger partial charge in [-0.25, -0.2) is 4.39 Å². The van der Waals surface area contributed by atoms with Crippen molar-refractivity contribution >= 4 is 34.9 Å². The molecule has 5 nitrogen and oxygen atoms in total. The van der Waals surface area contributed by atoms with Crippen LogP contribution in [0.5, 0.6) is 0 Å². The highest BCUT2D eigenvalue weighted by Crippen LogP contribution is 2.36. The Balaban J connectivity index is 2.36. The summed E-state index contributed by atoms with van der Waals surface area (Å²) in [7, 11) is 0. The fraction of sp³-hybridized carbons (Fsp3) is 0.357. The number of anilines is 1. The van der Waals surface area contributed by atoms with E-state index < -0.39 is 35.5 Å². The zero-order valence-electron chi connectivity index (χ0n) is 11.8. The lowest BCUT2D eigenvalue weighted by molar-refractivity contribution is -0.123. The highest BCUT2D eigenvalue weighted by Gasteiger charge is 2.40. The van der Waals surface area contributed by atoms with Crippen LogP contribution in [0.15, 0.2) is 12.1 Å². The van der Waals surface area contributed by atoms with Crippen LogP contribution in [0.3, 0.4) is 0 Å². The first-order chi connectivity index (χ1) is 9.61. The van der Waals surface area contributed by atoms with Gasteiger partial charge in [-0.2, -0.15) is 0 Å². The molecule has 21 heavy (non-hydrogen) atoms. The number of nitrogens with zero attached hydrogens (tertiary/aromatic N) is 1. The fourth-order valence-corrected chi connectivity index (χ4v) is 2.34. The zero-order chi connectivity index (χ0) is 15.9. The van der Waals surface area contributed by atoms with Crippen molar-refractivity contribution in [2.75, 3.05) is 11.4 Å². The molecule has 0 aromatic heterocycles. The number of amides is 2. The van der Waals surface area contributed by atoms with Gasteiger partial charge in [-0.1, -0.05) is 11.6 Å². The predicted octanol–water partition coefficient (Wildman–Crippen LogP) is 1.92. The first-order valence-corrected chi connectivity index (χ1v) is 6.65. The van der Waals surface area contributed by atoms with Gasteiger partial charge in [0.05, 0.1) is 16.3 Å². The monoisotopic (exact) mass is 312 g/mol. The molecule has 0 saturated heterocycles. The minimum atomic E-state index is -0.957. The maximum absolute atomic E-state index is 13.9. The Kier molecular flexibility index (Phi) is 3.76. The van der Waals surface area contributed by atoms with Gasteiger partial charge in [-0.05, 0) is 32.9 Å². The Morgan fingerprint density at radius 1 is 1.33 bits per heavy atom. The van der Waals surface area contributed by atoms with Crippen molar-refractivity contribution in [2.45, 2.75) is 26.3 Å². The lowest BCUT2D eigenvalue weighted by Crippen LogP contribution is -2.47. The molecule has 1 aromatic rings. The average molecular weight is 313 g/mol. The number of fused-ring (bicyclic) bond motifs is 1. The topological polar surface area (TPSA) is 66.5 Å². The Morgan fingerprint density at radius 2 is 1.95 bits per heavy atom. The molecule has 2 amide bonds. The highest BCUT2D eigenvalue weighted by molar-refractivity contribution is 6.55. The molecule has 112 valence electrons. The molecule has 0 saturated carbocycles. The van der Waals surface area contributed by atoms with E-state index in [2.05, 4.69) is 5.32 Å². The molecule has 0 fully saturated rings. The standard InChI is InChI=1S/C14H14ClFN2O3/c1-14(2,3)17-9(19)6-18-11-8(16)5-4-7(15)10(11)12(20)13(18)21/h4-5H,6H2,1-3H3,(H,17,19). The van der Waals surface area contributed by atoms with Crippen LogP contribution >= 0.6 is 11.6 Å². The van der Waals surface area contributed by atoms with E-state index in [0.29, 0.717) is 0 Å². The van der Waals surface area contributed by atoms with Gasteiger partial charge in [-0.15, -0.1) is 0 Å². The zero-order valence-corrected chi connectivity index (χ0v) is 12.5. The van der Waals surface area contributed by atoms with Crippen LogP contribution in [0, 0.1) is 5.82 Å². The molecule has 7 heteroatoms. The molecule has 0 unspecified atom stereocenters. The van der Waals surface area contributed by atoms with Crippen LogP contribution in [0.25, 0.3) is 0 Å². The molecular weight excluding hydrogens is 299 g/mol. The number of carbonyl (C=O) groups excluding carboxylic acids is 3. The van der Waals surface area contributed by atoms with Crippen LogP contribution in [0.2, 0.25) is 5.02 Å². The summed E-state index contributed by atoms with van der Waals surface area (Å²) in [6, 6.07) is 2.27. The Labute approximate surface area is 126 Å². The number of carbonyl (C=O) groups is 3. The van der Waals surface area contributed by atoms with E-state index in [0.717, 1.165) is 11.0 Å². The van der Waals surface area contributed by atoms with Crippen molar-refractivity contribution in [3.8, 4) is 0 Å². The minimum Gasteiger partial charge on any atom is -0.350 e. The van der Waals surface area contributed by atoms with E-state index in [1.165, 1.54) is 6.07 Å². The van der Waals surface area contributed by atoms with Gasteiger partial charge in [0.2, 0.25) is 5.91 Å². The number of hydrogen-bond donors (Lipinski definition) is 1. The number of halogens is 2. The molecule has 1 heterocycles. The number of Topliss-reactive ketones (excluding diaryl/α,β-unsaturated/α-hetero) is 1. The van der Waals surface area contributed by atoms with Gasteiger partial charge >= 0.3 is 0 Å². The van der Waals surface area contributed by atoms with E-state index >= 15 is 0 Å². The second-order valence-corrected chi connectivity index (χ2v) is 6.18. The van der Waals surface area contributed by atoms with Crippen molar-refractivity contribution < 1.29 is 18.8 Å². The first-order valence-electron chi connectivity index (χ1n) is 6.27. The Morgan fingerprint density at radius 3 is 2.52 bits per heavy atom. The summed E-state index contributed by atoms with van der Waals surface area (Å²) in [5.41, 5.74) is -0.925. The molecule has 2 rings (SSSR count). The largest absolute Gasteiger partial charge is 0.350 e. The molecule has 1 aliphatic rings. The summed E-state index contributed by atoms with van der Waals surface area (Å²) < 4.78 is 13.9. The number of rotatable bonds is 2. The Hall–Kier alpha value is -1.95. The molecule has 0 radical (unpaired) electrons.